The molecule has 0 aliphatic rings. The van der Waals surface area contributed by atoms with Gasteiger partial charge < -0.3 is 10.2 Å². The van der Waals surface area contributed by atoms with Crippen molar-refractivity contribution in [2.45, 2.75) is 0 Å². The Morgan fingerprint density at radius 1 is 1.33 bits per heavy atom. The zero-order chi connectivity index (χ0) is 8.55. The van der Waals surface area contributed by atoms with Crippen molar-refractivity contribution in [1.82, 2.24) is 0 Å². The lowest BCUT2D eigenvalue weighted by atomic mass is 10.1. The fourth-order valence-electron chi connectivity index (χ4n) is 1.19. The molecule has 0 amide bonds. The highest BCUT2D eigenvalue weighted by molar-refractivity contribution is 5.98. The van der Waals surface area contributed by atoms with Crippen LogP contribution < -0.4 is 5.73 Å². The van der Waals surface area contributed by atoms with Crippen LogP contribution in [0.25, 0.3) is 11.0 Å². The molecule has 0 bridgehead atoms. The Morgan fingerprint density at radius 2 is 2.17 bits per heavy atom. The maximum absolute atomic E-state index is 10.5. The second-order valence-corrected chi connectivity index (χ2v) is 2.52. The summed E-state index contributed by atoms with van der Waals surface area (Å²) in [7, 11) is 0. The number of rotatable bonds is 1. The third-order valence-electron chi connectivity index (χ3n) is 1.84. The van der Waals surface area contributed by atoms with Crippen LogP contribution in [0, 0.1) is 0 Å². The molecule has 0 aliphatic heterocycles. The maximum atomic E-state index is 10.5. The molecular weight excluding hydrogens is 154 g/mol. The van der Waals surface area contributed by atoms with Crippen LogP contribution in [-0.4, -0.2) is 6.29 Å². The SMILES string of the molecule is Nc1c(C=O)ccc2occc12. The normalized spacial score (nSPS) is 10.3. The van der Waals surface area contributed by atoms with Crippen LogP contribution in [-0.2, 0) is 0 Å². The number of hydrogen-bond donors (Lipinski definition) is 1. The van der Waals surface area contributed by atoms with E-state index in [1.54, 1.807) is 24.5 Å². The first-order valence-electron chi connectivity index (χ1n) is 3.54. The van der Waals surface area contributed by atoms with Gasteiger partial charge in [-0.05, 0) is 18.2 Å². The summed E-state index contributed by atoms with van der Waals surface area (Å²) in [6.07, 6.45) is 2.29. The number of hydrogen-bond acceptors (Lipinski definition) is 3. The van der Waals surface area contributed by atoms with E-state index in [0.717, 1.165) is 11.7 Å². The summed E-state index contributed by atoms with van der Waals surface area (Å²) in [5.41, 5.74) is 7.38. The van der Waals surface area contributed by atoms with Gasteiger partial charge in [-0.2, -0.15) is 0 Å². The minimum Gasteiger partial charge on any atom is -0.464 e. The summed E-state index contributed by atoms with van der Waals surface area (Å²) in [5.74, 6) is 0. The quantitative estimate of drug-likeness (QED) is 0.512. The molecule has 1 heterocycles. The molecule has 0 unspecified atom stereocenters. The van der Waals surface area contributed by atoms with Gasteiger partial charge in [0.05, 0.1) is 12.0 Å². The molecule has 2 aromatic rings. The van der Waals surface area contributed by atoms with E-state index in [9.17, 15) is 4.79 Å². The van der Waals surface area contributed by atoms with Crippen molar-refractivity contribution >= 4 is 22.9 Å². The highest BCUT2D eigenvalue weighted by Gasteiger charge is 2.04. The number of nitrogen functional groups attached to an aromatic ring is 1. The van der Waals surface area contributed by atoms with Gasteiger partial charge in [-0.15, -0.1) is 0 Å². The van der Waals surface area contributed by atoms with Crippen molar-refractivity contribution in [1.29, 1.82) is 0 Å². The average molecular weight is 161 g/mol. The third-order valence-corrected chi connectivity index (χ3v) is 1.84. The van der Waals surface area contributed by atoms with E-state index in [0.29, 0.717) is 16.8 Å². The summed E-state index contributed by atoms with van der Waals surface area (Å²) in [6, 6.07) is 5.13. The molecule has 60 valence electrons. The molecule has 3 nitrogen and oxygen atoms in total. The fourth-order valence-corrected chi connectivity index (χ4v) is 1.19. The standard InChI is InChI=1S/C9H7NO2/c10-9-6(5-11)1-2-8-7(9)3-4-12-8/h1-5H,10H2. The number of aldehydes is 1. The van der Waals surface area contributed by atoms with Gasteiger partial charge in [0.15, 0.2) is 6.29 Å². The Hall–Kier alpha value is -1.77. The molecule has 12 heavy (non-hydrogen) atoms. The van der Waals surface area contributed by atoms with Gasteiger partial charge in [0.25, 0.3) is 0 Å². The predicted octanol–water partition coefficient (Wildman–Crippen LogP) is 1.83. The van der Waals surface area contributed by atoms with Crippen molar-refractivity contribution in [2.75, 3.05) is 5.73 Å². The zero-order valence-corrected chi connectivity index (χ0v) is 6.28. The lowest BCUT2D eigenvalue weighted by Gasteiger charge is -1.97. The molecule has 3 heteroatoms. The van der Waals surface area contributed by atoms with Gasteiger partial charge in [-0.1, -0.05) is 0 Å². The molecule has 1 aromatic heterocycles. The number of carbonyl (C=O) groups is 1. The number of nitrogens with two attached hydrogens (primary N) is 1. The van der Waals surface area contributed by atoms with E-state index in [1.807, 2.05) is 0 Å². The van der Waals surface area contributed by atoms with E-state index in [1.165, 1.54) is 0 Å². The van der Waals surface area contributed by atoms with Crippen molar-refractivity contribution in [3.05, 3.63) is 30.0 Å². The van der Waals surface area contributed by atoms with E-state index in [2.05, 4.69) is 0 Å². The van der Waals surface area contributed by atoms with Gasteiger partial charge in [0.1, 0.15) is 5.58 Å². The van der Waals surface area contributed by atoms with Crippen LogP contribution in [0.3, 0.4) is 0 Å². The van der Waals surface area contributed by atoms with Gasteiger partial charge in [-0.25, -0.2) is 0 Å². The summed E-state index contributed by atoms with van der Waals surface area (Å²) >= 11 is 0. The lowest BCUT2D eigenvalue weighted by Crippen LogP contribution is -1.92. The van der Waals surface area contributed by atoms with Gasteiger partial charge in [0, 0.05) is 10.9 Å². The Bertz CT molecular complexity index is 431. The van der Waals surface area contributed by atoms with Gasteiger partial charge in [-0.3, -0.25) is 4.79 Å². The van der Waals surface area contributed by atoms with Crippen LogP contribution in [0.1, 0.15) is 10.4 Å². The van der Waals surface area contributed by atoms with E-state index >= 15 is 0 Å². The first kappa shape index (κ1) is 6.91. The molecule has 0 radical (unpaired) electrons. The smallest absolute Gasteiger partial charge is 0.152 e. The summed E-state index contributed by atoms with van der Waals surface area (Å²) < 4.78 is 5.10. The molecule has 0 fully saturated rings. The van der Waals surface area contributed by atoms with Crippen molar-refractivity contribution in [3.8, 4) is 0 Å². The Labute approximate surface area is 68.8 Å². The summed E-state index contributed by atoms with van der Waals surface area (Å²) in [5, 5.41) is 0.791. The molecule has 0 atom stereocenters. The first-order valence-corrected chi connectivity index (χ1v) is 3.54. The first-order chi connectivity index (χ1) is 5.83. The average Bonchev–Trinajstić information content (AvgIpc) is 2.53. The molecule has 0 saturated heterocycles. The molecule has 0 aliphatic carbocycles. The number of benzene rings is 1. The fraction of sp³-hybridized carbons (Fsp3) is 0. The largest absolute Gasteiger partial charge is 0.464 e. The molecule has 0 spiro atoms. The molecular formula is C9H7NO2. The second-order valence-electron chi connectivity index (χ2n) is 2.52. The molecule has 2 rings (SSSR count). The van der Waals surface area contributed by atoms with Crippen LogP contribution in [0.5, 0.6) is 0 Å². The number of carbonyl (C=O) groups excluding carboxylic acids is 1. The Kier molecular flexibility index (Phi) is 1.37. The van der Waals surface area contributed by atoms with E-state index in [4.69, 9.17) is 10.2 Å². The molecule has 0 saturated carbocycles. The van der Waals surface area contributed by atoms with Gasteiger partial charge >= 0.3 is 0 Å². The molecule has 1 aromatic carbocycles. The second kappa shape index (κ2) is 2.37. The zero-order valence-electron chi connectivity index (χ0n) is 6.28. The van der Waals surface area contributed by atoms with E-state index < -0.39 is 0 Å². The number of anilines is 1. The third kappa shape index (κ3) is 0.797. The van der Waals surface area contributed by atoms with Crippen LogP contribution >= 0.6 is 0 Å². The highest BCUT2D eigenvalue weighted by Crippen LogP contribution is 2.24. The maximum Gasteiger partial charge on any atom is 0.152 e. The van der Waals surface area contributed by atoms with Crippen molar-refractivity contribution in [3.63, 3.8) is 0 Å². The Morgan fingerprint density at radius 3 is 2.92 bits per heavy atom. The monoisotopic (exact) mass is 161 g/mol. The van der Waals surface area contributed by atoms with Crippen molar-refractivity contribution < 1.29 is 9.21 Å². The van der Waals surface area contributed by atoms with Crippen LogP contribution in [0.4, 0.5) is 5.69 Å². The number of furan rings is 1. The Balaban J connectivity index is 2.86. The lowest BCUT2D eigenvalue weighted by molar-refractivity contribution is 0.112. The molecule has 2 N–H and O–H groups in total. The van der Waals surface area contributed by atoms with E-state index in [-0.39, 0.29) is 0 Å². The highest BCUT2D eigenvalue weighted by atomic mass is 16.3. The minimum atomic E-state index is 0.483. The van der Waals surface area contributed by atoms with Crippen molar-refractivity contribution in [2.24, 2.45) is 0 Å². The topological polar surface area (TPSA) is 56.2 Å². The minimum absolute atomic E-state index is 0.483. The predicted molar refractivity (Wildman–Crippen MR) is 46.0 cm³/mol. The summed E-state index contributed by atoms with van der Waals surface area (Å²) in [4.78, 5) is 10.5. The van der Waals surface area contributed by atoms with Crippen LogP contribution in [0.2, 0.25) is 0 Å². The number of fused-ring (bicyclic) bond motifs is 1. The van der Waals surface area contributed by atoms with Crippen LogP contribution in [0.15, 0.2) is 28.9 Å². The van der Waals surface area contributed by atoms with Gasteiger partial charge in [0.2, 0.25) is 0 Å². The summed E-state index contributed by atoms with van der Waals surface area (Å²) in [6.45, 7) is 0.